The lowest BCUT2D eigenvalue weighted by molar-refractivity contribution is 0.110. The molecule has 0 spiro atoms. The number of methoxy groups -OCH3 is 1. The van der Waals surface area contributed by atoms with Crippen molar-refractivity contribution in [2.24, 2.45) is 10.7 Å². The second kappa shape index (κ2) is 8.26. The van der Waals surface area contributed by atoms with Gasteiger partial charge >= 0.3 is 0 Å². The summed E-state index contributed by atoms with van der Waals surface area (Å²) in [4.78, 5) is 13.1. The fourth-order valence-electron chi connectivity index (χ4n) is 2.77. The predicted molar refractivity (Wildman–Crippen MR) is 98.5 cm³/mol. The molecular formula is C17H22FN5OS. The number of aromatic nitrogens is 1. The van der Waals surface area contributed by atoms with Gasteiger partial charge in [-0.25, -0.2) is 9.37 Å². The molecule has 2 aromatic rings. The third kappa shape index (κ3) is 4.46. The van der Waals surface area contributed by atoms with Crippen LogP contribution >= 0.6 is 11.3 Å². The smallest absolute Gasteiger partial charge is 0.191 e. The van der Waals surface area contributed by atoms with Gasteiger partial charge in [0.1, 0.15) is 11.9 Å². The molecule has 25 heavy (non-hydrogen) atoms. The molecule has 0 amide bonds. The second-order valence-corrected chi connectivity index (χ2v) is 6.64. The molecule has 1 aliphatic heterocycles. The van der Waals surface area contributed by atoms with E-state index in [0.29, 0.717) is 12.5 Å². The number of rotatable bonds is 5. The number of hydrogen-bond donors (Lipinski definition) is 1. The number of nitrogens with zero attached hydrogens (tertiary/aromatic N) is 4. The van der Waals surface area contributed by atoms with Crippen LogP contribution in [0.15, 0.2) is 40.8 Å². The van der Waals surface area contributed by atoms with Crippen LogP contribution in [0.4, 0.5) is 9.52 Å². The number of hydrogen-bond acceptors (Lipinski definition) is 5. The number of aliphatic imine (C=N–C) groups is 1. The molecule has 1 fully saturated rings. The Kier molecular flexibility index (Phi) is 5.83. The maximum absolute atomic E-state index is 13.0. The summed E-state index contributed by atoms with van der Waals surface area (Å²) in [5, 5.41) is 3.03. The van der Waals surface area contributed by atoms with Gasteiger partial charge in [-0.3, -0.25) is 4.99 Å². The van der Waals surface area contributed by atoms with E-state index in [1.807, 2.05) is 11.6 Å². The number of thiazole rings is 1. The zero-order chi connectivity index (χ0) is 17.6. The van der Waals surface area contributed by atoms with Crippen molar-refractivity contribution in [3.63, 3.8) is 0 Å². The molecule has 134 valence electrons. The minimum atomic E-state index is -0.264. The number of nitrogens with two attached hydrogens (primary N) is 1. The quantitative estimate of drug-likeness (QED) is 0.651. The summed E-state index contributed by atoms with van der Waals surface area (Å²) in [6.07, 6.45) is 1.58. The molecule has 1 aromatic heterocycles. The number of ether oxygens (including phenoxy) is 1. The number of anilines is 1. The van der Waals surface area contributed by atoms with Crippen molar-refractivity contribution in [2.45, 2.75) is 6.10 Å². The highest BCUT2D eigenvalue weighted by Gasteiger charge is 2.20. The Morgan fingerprint density at radius 1 is 1.32 bits per heavy atom. The molecule has 0 radical (unpaired) electrons. The van der Waals surface area contributed by atoms with Crippen molar-refractivity contribution in [1.82, 2.24) is 9.88 Å². The number of benzene rings is 1. The largest absolute Gasteiger partial charge is 0.375 e. The SMILES string of the molecule is COC(CN=C(N)N1CCN(c2nccs2)CC1)c1ccc(F)cc1. The fourth-order valence-corrected chi connectivity index (χ4v) is 3.47. The number of piperazine rings is 1. The highest BCUT2D eigenvalue weighted by atomic mass is 32.1. The Morgan fingerprint density at radius 3 is 2.64 bits per heavy atom. The van der Waals surface area contributed by atoms with Crippen molar-refractivity contribution in [2.75, 3.05) is 44.7 Å². The van der Waals surface area contributed by atoms with E-state index in [1.54, 1.807) is 30.6 Å². The van der Waals surface area contributed by atoms with E-state index in [9.17, 15) is 4.39 Å². The van der Waals surface area contributed by atoms with Gasteiger partial charge in [0.25, 0.3) is 0 Å². The van der Waals surface area contributed by atoms with Crippen molar-refractivity contribution >= 4 is 22.4 Å². The highest BCUT2D eigenvalue weighted by Crippen LogP contribution is 2.20. The van der Waals surface area contributed by atoms with E-state index in [1.165, 1.54) is 12.1 Å². The van der Waals surface area contributed by atoms with Gasteiger partial charge in [0, 0.05) is 44.9 Å². The van der Waals surface area contributed by atoms with Crippen LogP contribution in [0.5, 0.6) is 0 Å². The number of guanidine groups is 1. The van der Waals surface area contributed by atoms with Gasteiger partial charge in [0.2, 0.25) is 0 Å². The first-order valence-electron chi connectivity index (χ1n) is 8.15. The van der Waals surface area contributed by atoms with E-state index in [-0.39, 0.29) is 11.9 Å². The first-order chi connectivity index (χ1) is 12.2. The van der Waals surface area contributed by atoms with Crippen LogP contribution in [0.25, 0.3) is 0 Å². The third-order valence-electron chi connectivity index (χ3n) is 4.24. The Balaban J connectivity index is 1.55. The van der Waals surface area contributed by atoms with Crippen LogP contribution in [0.1, 0.15) is 11.7 Å². The first-order valence-corrected chi connectivity index (χ1v) is 9.03. The topological polar surface area (TPSA) is 67.0 Å². The van der Waals surface area contributed by atoms with Crippen molar-refractivity contribution in [3.8, 4) is 0 Å². The zero-order valence-electron chi connectivity index (χ0n) is 14.1. The monoisotopic (exact) mass is 363 g/mol. The molecule has 1 aromatic carbocycles. The van der Waals surface area contributed by atoms with Crippen LogP contribution in [0, 0.1) is 5.82 Å². The maximum Gasteiger partial charge on any atom is 0.191 e. The Morgan fingerprint density at radius 2 is 2.04 bits per heavy atom. The average molecular weight is 363 g/mol. The summed E-state index contributed by atoms with van der Waals surface area (Å²) in [6.45, 7) is 3.76. The predicted octanol–water partition coefficient (Wildman–Crippen LogP) is 2.11. The minimum Gasteiger partial charge on any atom is -0.375 e. The Labute approximate surface area is 150 Å². The van der Waals surface area contributed by atoms with Gasteiger partial charge in [-0.2, -0.15) is 0 Å². The third-order valence-corrected chi connectivity index (χ3v) is 5.07. The highest BCUT2D eigenvalue weighted by molar-refractivity contribution is 7.13. The van der Waals surface area contributed by atoms with Crippen molar-refractivity contribution < 1.29 is 9.13 Å². The molecule has 1 atom stereocenters. The van der Waals surface area contributed by atoms with Crippen LogP contribution in [-0.2, 0) is 4.74 Å². The molecule has 6 nitrogen and oxygen atoms in total. The lowest BCUT2D eigenvalue weighted by Crippen LogP contribution is -2.51. The van der Waals surface area contributed by atoms with Gasteiger partial charge in [-0.1, -0.05) is 12.1 Å². The van der Waals surface area contributed by atoms with E-state index in [0.717, 1.165) is 36.9 Å². The number of halogens is 1. The summed E-state index contributed by atoms with van der Waals surface area (Å²) in [5.41, 5.74) is 7.03. The molecule has 1 saturated heterocycles. The van der Waals surface area contributed by atoms with E-state index in [2.05, 4.69) is 19.8 Å². The molecule has 8 heteroatoms. The standard InChI is InChI=1S/C17H22FN5OS/c1-24-15(13-2-4-14(18)5-3-13)12-21-16(19)22-7-9-23(10-8-22)17-20-6-11-25-17/h2-6,11,15H,7-10,12H2,1H3,(H2,19,21). The normalized spacial score (nSPS) is 17.0. The van der Waals surface area contributed by atoms with Crippen LogP contribution < -0.4 is 10.6 Å². The fraction of sp³-hybridized carbons (Fsp3) is 0.412. The second-order valence-electron chi connectivity index (χ2n) is 5.76. The first kappa shape index (κ1) is 17.6. The zero-order valence-corrected chi connectivity index (χ0v) is 15.0. The van der Waals surface area contributed by atoms with Crippen LogP contribution in [-0.4, -0.2) is 55.7 Å². The molecule has 1 aliphatic rings. The molecule has 2 heterocycles. The molecule has 3 rings (SSSR count). The van der Waals surface area contributed by atoms with Crippen LogP contribution in [0.3, 0.4) is 0 Å². The van der Waals surface area contributed by atoms with Gasteiger partial charge < -0.3 is 20.3 Å². The van der Waals surface area contributed by atoms with Gasteiger partial charge in [0.15, 0.2) is 11.1 Å². The Hall–Kier alpha value is -2.19. The lowest BCUT2D eigenvalue weighted by Gasteiger charge is -2.35. The molecule has 0 bridgehead atoms. The average Bonchev–Trinajstić information content (AvgIpc) is 3.18. The summed E-state index contributed by atoms with van der Waals surface area (Å²) in [5.74, 6) is 0.252. The van der Waals surface area contributed by atoms with E-state index in [4.69, 9.17) is 10.5 Å². The maximum atomic E-state index is 13.0. The summed E-state index contributed by atoms with van der Waals surface area (Å²) >= 11 is 1.65. The van der Waals surface area contributed by atoms with Crippen LogP contribution in [0.2, 0.25) is 0 Å². The van der Waals surface area contributed by atoms with Gasteiger partial charge in [0.05, 0.1) is 6.54 Å². The summed E-state index contributed by atoms with van der Waals surface area (Å²) in [6, 6.07) is 6.27. The lowest BCUT2D eigenvalue weighted by atomic mass is 10.1. The summed E-state index contributed by atoms with van der Waals surface area (Å²) in [7, 11) is 1.62. The van der Waals surface area contributed by atoms with E-state index < -0.39 is 0 Å². The molecule has 1 unspecified atom stereocenters. The van der Waals surface area contributed by atoms with Crippen molar-refractivity contribution in [1.29, 1.82) is 0 Å². The molecule has 0 aliphatic carbocycles. The molecule has 0 saturated carbocycles. The van der Waals surface area contributed by atoms with Gasteiger partial charge in [-0.15, -0.1) is 11.3 Å². The summed E-state index contributed by atoms with van der Waals surface area (Å²) < 4.78 is 18.5. The van der Waals surface area contributed by atoms with Crippen molar-refractivity contribution in [3.05, 3.63) is 47.2 Å². The van der Waals surface area contributed by atoms with E-state index >= 15 is 0 Å². The molecular weight excluding hydrogens is 341 g/mol. The minimum absolute atomic E-state index is 0.240. The Bertz CT molecular complexity index is 684. The van der Waals surface area contributed by atoms with Gasteiger partial charge in [-0.05, 0) is 17.7 Å². The molecule has 2 N–H and O–H groups in total.